The Morgan fingerprint density at radius 1 is 1.30 bits per heavy atom. The summed E-state index contributed by atoms with van der Waals surface area (Å²) in [7, 11) is 1.85. The molecule has 3 N–H and O–H groups in total. The van der Waals surface area contributed by atoms with Gasteiger partial charge >= 0.3 is 0 Å². The van der Waals surface area contributed by atoms with Gasteiger partial charge in [0.1, 0.15) is 0 Å². The number of benzene rings is 1. The number of hydrogen-bond donors (Lipinski definition) is 2. The molecule has 1 fully saturated rings. The smallest absolute Gasteiger partial charge is 0.273 e. The van der Waals surface area contributed by atoms with E-state index in [1.54, 1.807) is 4.90 Å². The number of nitrogens with two attached hydrogens (primary N) is 1. The van der Waals surface area contributed by atoms with E-state index in [1.807, 2.05) is 44.0 Å². The van der Waals surface area contributed by atoms with Crippen molar-refractivity contribution in [3.63, 3.8) is 0 Å². The number of rotatable bonds is 6. The molecule has 1 atom stereocenters. The van der Waals surface area contributed by atoms with Gasteiger partial charge < -0.3 is 20.9 Å². The monoisotopic (exact) mass is 409 g/mol. The molecule has 1 aliphatic rings. The van der Waals surface area contributed by atoms with Gasteiger partial charge in [-0.1, -0.05) is 12.6 Å². The second kappa shape index (κ2) is 8.89. The summed E-state index contributed by atoms with van der Waals surface area (Å²) in [6.07, 6.45) is 3.08. The van der Waals surface area contributed by atoms with Crippen molar-refractivity contribution >= 4 is 29.3 Å². The molecule has 3 rings (SSSR count). The molecule has 1 saturated heterocycles. The summed E-state index contributed by atoms with van der Waals surface area (Å²) in [4.78, 5) is 32.0. The van der Waals surface area contributed by atoms with Gasteiger partial charge in [0.05, 0.1) is 0 Å². The van der Waals surface area contributed by atoms with Gasteiger partial charge in [-0.25, -0.2) is 0 Å². The molecular formula is C21H27N7O2. The molecule has 0 saturated carbocycles. The second-order valence-electron chi connectivity index (χ2n) is 7.49. The van der Waals surface area contributed by atoms with E-state index < -0.39 is 5.91 Å². The summed E-state index contributed by atoms with van der Waals surface area (Å²) >= 11 is 0. The standard InChI is InChI=1S/C21H27N7O2/c1-5-17(29)28-10-6-7-16(12-28)27(4)21-24-20(18(19(22)30)25-26-21)23-15-9-8-13(2)14(3)11-15/h5,8-9,11,16H,1,6-7,10,12H2,2-4H3,(H2,22,30)(H,23,24,26)/t16-/m1/s1. The number of anilines is 3. The van der Waals surface area contributed by atoms with E-state index in [2.05, 4.69) is 27.1 Å². The zero-order valence-electron chi connectivity index (χ0n) is 17.6. The van der Waals surface area contributed by atoms with E-state index in [4.69, 9.17) is 5.73 Å². The molecule has 0 bridgehead atoms. The van der Waals surface area contributed by atoms with Crippen LogP contribution < -0.4 is 16.0 Å². The normalized spacial score (nSPS) is 16.1. The number of primary amides is 1. The van der Waals surface area contributed by atoms with Gasteiger partial charge in [0.2, 0.25) is 11.9 Å². The van der Waals surface area contributed by atoms with E-state index in [1.165, 1.54) is 6.08 Å². The van der Waals surface area contributed by atoms with Gasteiger partial charge in [-0.2, -0.15) is 4.98 Å². The summed E-state index contributed by atoms with van der Waals surface area (Å²) in [6, 6.07) is 5.87. The van der Waals surface area contributed by atoms with Crippen molar-refractivity contribution in [2.45, 2.75) is 32.7 Å². The van der Waals surface area contributed by atoms with Gasteiger partial charge in [-0.05, 0) is 56.0 Å². The summed E-state index contributed by atoms with van der Waals surface area (Å²) in [6.45, 7) is 8.84. The number of nitrogens with one attached hydrogen (secondary N) is 1. The molecule has 1 aliphatic heterocycles. The fourth-order valence-electron chi connectivity index (χ4n) is 3.44. The van der Waals surface area contributed by atoms with Crippen LogP contribution in [0.1, 0.15) is 34.5 Å². The van der Waals surface area contributed by atoms with Crippen molar-refractivity contribution in [1.82, 2.24) is 20.1 Å². The number of hydrogen-bond acceptors (Lipinski definition) is 7. The summed E-state index contributed by atoms with van der Waals surface area (Å²) < 4.78 is 0. The molecule has 2 heterocycles. The van der Waals surface area contributed by atoms with Gasteiger partial charge in [0.25, 0.3) is 5.91 Å². The van der Waals surface area contributed by atoms with Crippen molar-refractivity contribution < 1.29 is 9.59 Å². The molecule has 1 aromatic heterocycles. The number of aryl methyl sites for hydroxylation is 2. The second-order valence-corrected chi connectivity index (χ2v) is 7.49. The number of carbonyl (C=O) groups excluding carboxylic acids is 2. The van der Waals surface area contributed by atoms with Gasteiger partial charge in [-0.3, -0.25) is 9.59 Å². The van der Waals surface area contributed by atoms with Gasteiger partial charge in [0.15, 0.2) is 11.5 Å². The SMILES string of the molecule is C=CC(=O)N1CCC[C@@H](N(C)c2nnc(C(N)=O)c(Nc3ccc(C)c(C)c3)n2)C1. The van der Waals surface area contributed by atoms with Crippen LogP contribution in [0, 0.1) is 13.8 Å². The zero-order chi connectivity index (χ0) is 21.8. The third-order valence-corrected chi connectivity index (χ3v) is 5.42. The van der Waals surface area contributed by atoms with Crippen LogP contribution in [0.3, 0.4) is 0 Å². The number of nitrogens with zero attached hydrogens (tertiary/aromatic N) is 5. The minimum absolute atomic E-state index is 0.0262. The lowest BCUT2D eigenvalue weighted by molar-refractivity contribution is -0.127. The van der Waals surface area contributed by atoms with E-state index >= 15 is 0 Å². The maximum absolute atomic E-state index is 12.0. The molecule has 158 valence electrons. The minimum atomic E-state index is -0.712. The lowest BCUT2D eigenvalue weighted by Gasteiger charge is -2.37. The first-order valence-corrected chi connectivity index (χ1v) is 9.83. The Bertz CT molecular complexity index is 976. The Hall–Kier alpha value is -3.49. The van der Waals surface area contributed by atoms with Crippen LogP contribution in [-0.2, 0) is 4.79 Å². The quantitative estimate of drug-likeness (QED) is 0.700. The molecule has 0 unspecified atom stereocenters. The Morgan fingerprint density at radius 3 is 2.73 bits per heavy atom. The molecular weight excluding hydrogens is 382 g/mol. The van der Waals surface area contributed by atoms with Gasteiger partial charge in [-0.15, -0.1) is 10.2 Å². The van der Waals surface area contributed by atoms with Crippen molar-refractivity contribution in [2.75, 3.05) is 30.4 Å². The average Bonchev–Trinajstić information content (AvgIpc) is 2.75. The highest BCUT2D eigenvalue weighted by atomic mass is 16.2. The fraction of sp³-hybridized carbons (Fsp3) is 0.381. The Morgan fingerprint density at radius 2 is 2.07 bits per heavy atom. The van der Waals surface area contributed by atoms with E-state index in [0.29, 0.717) is 19.0 Å². The molecule has 30 heavy (non-hydrogen) atoms. The predicted molar refractivity (Wildman–Crippen MR) is 116 cm³/mol. The first kappa shape index (κ1) is 21.2. The number of carbonyl (C=O) groups is 2. The van der Waals surface area contributed by atoms with E-state index in [-0.39, 0.29) is 23.5 Å². The molecule has 0 spiro atoms. The maximum Gasteiger partial charge on any atom is 0.273 e. The zero-order valence-corrected chi connectivity index (χ0v) is 17.6. The summed E-state index contributed by atoms with van der Waals surface area (Å²) in [5.74, 6) is -0.203. The highest BCUT2D eigenvalue weighted by Crippen LogP contribution is 2.23. The Labute approximate surface area is 176 Å². The van der Waals surface area contributed by atoms with Gasteiger partial charge in [0, 0.05) is 31.9 Å². The Balaban J connectivity index is 1.87. The number of aromatic nitrogens is 3. The van der Waals surface area contributed by atoms with E-state index in [9.17, 15) is 9.59 Å². The topological polar surface area (TPSA) is 117 Å². The Kier molecular flexibility index (Phi) is 6.29. The number of likely N-dealkylation sites (N-methyl/N-ethyl adjacent to an activating group) is 1. The largest absolute Gasteiger partial charge is 0.364 e. The number of likely N-dealkylation sites (tertiary alicyclic amines) is 1. The molecule has 2 aromatic rings. The van der Waals surface area contributed by atoms with Crippen molar-refractivity contribution in [3.8, 4) is 0 Å². The highest BCUT2D eigenvalue weighted by Gasteiger charge is 2.27. The molecule has 1 aromatic carbocycles. The first-order valence-electron chi connectivity index (χ1n) is 9.83. The molecule has 9 nitrogen and oxygen atoms in total. The van der Waals surface area contributed by atoms with E-state index in [0.717, 1.165) is 29.7 Å². The lowest BCUT2D eigenvalue weighted by Crippen LogP contribution is -2.48. The predicted octanol–water partition coefficient (Wildman–Crippen LogP) is 1.94. The number of piperidine rings is 1. The van der Waals surface area contributed by atoms with Crippen molar-refractivity contribution in [2.24, 2.45) is 5.73 Å². The highest BCUT2D eigenvalue weighted by molar-refractivity contribution is 5.96. The molecule has 9 heteroatoms. The fourth-order valence-corrected chi connectivity index (χ4v) is 3.44. The lowest BCUT2D eigenvalue weighted by atomic mass is 10.0. The average molecular weight is 409 g/mol. The molecule has 0 radical (unpaired) electrons. The molecule has 2 amide bonds. The van der Waals surface area contributed by atoms with Crippen LogP contribution >= 0.6 is 0 Å². The van der Waals surface area contributed by atoms with Crippen molar-refractivity contribution in [3.05, 3.63) is 47.7 Å². The molecule has 0 aliphatic carbocycles. The third kappa shape index (κ3) is 4.56. The third-order valence-electron chi connectivity index (χ3n) is 5.42. The van der Waals surface area contributed by atoms with Crippen LogP contribution in [0.2, 0.25) is 0 Å². The minimum Gasteiger partial charge on any atom is -0.364 e. The van der Waals surface area contributed by atoms with Crippen LogP contribution in [0.4, 0.5) is 17.5 Å². The summed E-state index contributed by atoms with van der Waals surface area (Å²) in [5.41, 5.74) is 8.48. The van der Waals surface area contributed by atoms with Crippen LogP contribution in [0.25, 0.3) is 0 Å². The summed E-state index contributed by atoms with van der Waals surface area (Å²) in [5, 5.41) is 11.2. The van der Waals surface area contributed by atoms with Crippen LogP contribution in [0.5, 0.6) is 0 Å². The maximum atomic E-state index is 12.0. The van der Waals surface area contributed by atoms with Crippen molar-refractivity contribution in [1.29, 1.82) is 0 Å². The van der Waals surface area contributed by atoms with Crippen LogP contribution in [-0.4, -0.2) is 58.1 Å². The first-order chi connectivity index (χ1) is 14.3. The number of amides is 2. The van der Waals surface area contributed by atoms with Crippen LogP contribution in [0.15, 0.2) is 30.9 Å².